The molecule has 0 saturated carbocycles. The highest BCUT2D eigenvalue weighted by atomic mass is 16.6. The van der Waals surface area contributed by atoms with E-state index >= 15 is 0 Å². The third kappa shape index (κ3) is 3.70. The molecule has 0 aromatic heterocycles. The highest BCUT2D eigenvalue weighted by molar-refractivity contribution is 5.80. The Morgan fingerprint density at radius 2 is 2.18 bits per heavy atom. The Balaban J connectivity index is 3.90. The average Bonchev–Trinajstić information content (AvgIpc) is 1.87. The highest BCUT2D eigenvalue weighted by Crippen LogP contribution is 2.04. The molecular weight excluding hydrogens is 146 g/mol. The van der Waals surface area contributed by atoms with Crippen LogP contribution in [0.2, 0.25) is 0 Å². The topological polar surface area (TPSA) is 60.2 Å². The lowest BCUT2D eigenvalue weighted by Gasteiger charge is -2.03. The smallest absolute Gasteiger partial charge is 0.269 e. The standard InChI is InChI=1S/C7H13NO3/c1-3-4-5-7(6(2)9)8(10)11/h7H,3-5H2,1-2H3. The van der Waals surface area contributed by atoms with E-state index in [0.717, 1.165) is 12.8 Å². The molecule has 0 spiro atoms. The van der Waals surface area contributed by atoms with Gasteiger partial charge in [-0.25, -0.2) is 0 Å². The van der Waals surface area contributed by atoms with E-state index in [4.69, 9.17) is 0 Å². The molecule has 0 aliphatic rings. The van der Waals surface area contributed by atoms with Crippen LogP contribution in [-0.4, -0.2) is 16.7 Å². The second-order valence-electron chi connectivity index (χ2n) is 2.55. The normalized spacial score (nSPS) is 12.5. The summed E-state index contributed by atoms with van der Waals surface area (Å²) >= 11 is 0. The van der Waals surface area contributed by atoms with Crippen molar-refractivity contribution < 1.29 is 9.72 Å². The van der Waals surface area contributed by atoms with Crippen molar-refractivity contribution in [2.24, 2.45) is 0 Å². The largest absolute Gasteiger partial charge is 0.292 e. The van der Waals surface area contributed by atoms with Gasteiger partial charge in [0.1, 0.15) is 0 Å². The van der Waals surface area contributed by atoms with Crippen LogP contribution in [0.15, 0.2) is 0 Å². The lowest BCUT2D eigenvalue weighted by molar-refractivity contribution is -0.508. The quantitative estimate of drug-likeness (QED) is 0.450. The first-order valence-electron chi connectivity index (χ1n) is 3.73. The number of Topliss-reactive ketones (excluding diaryl/α,β-unsaturated/α-hetero) is 1. The molecule has 0 fully saturated rings. The van der Waals surface area contributed by atoms with E-state index in [2.05, 4.69) is 0 Å². The molecule has 0 amide bonds. The number of unbranched alkanes of at least 4 members (excludes halogenated alkanes) is 1. The molecule has 0 aromatic rings. The second-order valence-corrected chi connectivity index (χ2v) is 2.55. The average molecular weight is 159 g/mol. The fraction of sp³-hybridized carbons (Fsp3) is 0.857. The zero-order chi connectivity index (χ0) is 8.85. The Labute approximate surface area is 65.7 Å². The van der Waals surface area contributed by atoms with Gasteiger partial charge in [0.25, 0.3) is 6.04 Å². The summed E-state index contributed by atoms with van der Waals surface area (Å²) < 4.78 is 0. The Kier molecular flexibility index (Phi) is 4.41. The first kappa shape index (κ1) is 10.1. The maximum atomic E-state index is 10.6. The zero-order valence-electron chi connectivity index (χ0n) is 6.87. The molecule has 0 radical (unpaired) electrons. The van der Waals surface area contributed by atoms with Crippen LogP contribution in [-0.2, 0) is 4.79 Å². The van der Waals surface area contributed by atoms with Crippen molar-refractivity contribution in [3.05, 3.63) is 10.1 Å². The lowest BCUT2D eigenvalue weighted by atomic mass is 10.1. The summed E-state index contributed by atoms with van der Waals surface area (Å²) in [7, 11) is 0. The van der Waals surface area contributed by atoms with Gasteiger partial charge in [-0.3, -0.25) is 14.9 Å². The van der Waals surface area contributed by atoms with E-state index in [9.17, 15) is 14.9 Å². The number of carbonyl (C=O) groups excluding carboxylic acids is 1. The van der Waals surface area contributed by atoms with Crippen LogP contribution in [0, 0.1) is 10.1 Å². The molecule has 11 heavy (non-hydrogen) atoms. The molecule has 64 valence electrons. The minimum Gasteiger partial charge on any atom is -0.292 e. The fourth-order valence-electron chi connectivity index (χ4n) is 0.855. The molecule has 4 heteroatoms. The number of nitro groups is 1. The molecular formula is C7H13NO3. The van der Waals surface area contributed by atoms with Crippen LogP contribution < -0.4 is 0 Å². The monoisotopic (exact) mass is 159 g/mol. The van der Waals surface area contributed by atoms with E-state index in [1.54, 1.807) is 0 Å². The number of ketones is 1. The van der Waals surface area contributed by atoms with Crippen LogP contribution in [0.1, 0.15) is 33.1 Å². The summed E-state index contributed by atoms with van der Waals surface area (Å²) in [5, 5.41) is 10.2. The van der Waals surface area contributed by atoms with Crippen LogP contribution in [0.25, 0.3) is 0 Å². The van der Waals surface area contributed by atoms with E-state index < -0.39 is 11.0 Å². The van der Waals surface area contributed by atoms with Gasteiger partial charge >= 0.3 is 0 Å². The second kappa shape index (κ2) is 4.82. The van der Waals surface area contributed by atoms with Crippen LogP contribution in [0.4, 0.5) is 0 Å². The number of rotatable bonds is 5. The maximum Gasteiger partial charge on any atom is 0.269 e. The minimum absolute atomic E-state index is 0.344. The number of nitrogens with zero attached hydrogens (tertiary/aromatic N) is 1. The minimum atomic E-state index is -0.977. The molecule has 0 heterocycles. The van der Waals surface area contributed by atoms with E-state index in [1.165, 1.54) is 6.92 Å². The summed E-state index contributed by atoms with van der Waals surface area (Å²) in [6.45, 7) is 3.21. The Morgan fingerprint density at radius 3 is 2.45 bits per heavy atom. The molecule has 0 aliphatic heterocycles. The molecule has 0 aliphatic carbocycles. The van der Waals surface area contributed by atoms with Gasteiger partial charge in [-0.2, -0.15) is 0 Å². The molecule has 0 N–H and O–H groups in total. The summed E-state index contributed by atoms with van der Waals surface area (Å²) in [6, 6.07) is -0.977. The first-order chi connectivity index (χ1) is 5.09. The van der Waals surface area contributed by atoms with Crippen molar-refractivity contribution in [3.8, 4) is 0 Å². The molecule has 0 saturated heterocycles. The van der Waals surface area contributed by atoms with Gasteiger partial charge in [0.05, 0.1) is 0 Å². The van der Waals surface area contributed by atoms with Crippen LogP contribution in [0.5, 0.6) is 0 Å². The van der Waals surface area contributed by atoms with Crippen molar-refractivity contribution in [1.29, 1.82) is 0 Å². The van der Waals surface area contributed by atoms with Gasteiger partial charge in [-0.15, -0.1) is 0 Å². The molecule has 1 atom stereocenters. The van der Waals surface area contributed by atoms with Crippen molar-refractivity contribution in [2.45, 2.75) is 39.2 Å². The summed E-state index contributed by atoms with van der Waals surface area (Å²) in [6.07, 6.45) is 2.00. The third-order valence-corrected chi connectivity index (χ3v) is 1.55. The molecule has 1 unspecified atom stereocenters. The Hall–Kier alpha value is -0.930. The van der Waals surface area contributed by atoms with Gasteiger partial charge in [0.2, 0.25) is 5.78 Å². The summed E-state index contributed by atoms with van der Waals surface area (Å²) in [4.78, 5) is 20.4. The predicted octanol–water partition coefficient (Wildman–Crippen LogP) is 1.41. The number of carbonyl (C=O) groups is 1. The maximum absolute atomic E-state index is 10.6. The molecule has 0 bridgehead atoms. The van der Waals surface area contributed by atoms with Crippen molar-refractivity contribution >= 4 is 5.78 Å². The number of hydrogen-bond acceptors (Lipinski definition) is 3. The third-order valence-electron chi connectivity index (χ3n) is 1.55. The number of hydrogen-bond donors (Lipinski definition) is 0. The van der Waals surface area contributed by atoms with Gasteiger partial charge in [-0.1, -0.05) is 13.3 Å². The Bertz CT molecular complexity index is 142. The fourth-order valence-corrected chi connectivity index (χ4v) is 0.855. The first-order valence-corrected chi connectivity index (χ1v) is 3.73. The summed E-state index contributed by atoms with van der Waals surface area (Å²) in [5.41, 5.74) is 0. The lowest BCUT2D eigenvalue weighted by Crippen LogP contribution is -2.27. The van der Waals surface area contributed by atoms with Crippen molar-refractivity contribution in [3.63, 3.8) is 0 Å². The van der Waals surface area contributed by atoms with E-state index in [1.807, 2.05) is 6.92 Å². The van der Waals surface area contributed by atoms with Gasteiger partial charge in [0.15, 0.2) is 0 Å². The zero-order valence-corrected chi connectivity index (χ0v) is 6.87. The van der Waals surface area contributed by atoms with Gasteiger partial charge < -0.3 is 0 Å². The SMILES string of the molecule is CCCCC(C(C)=O)[N+](=O)[O-]. The van der Waals surface area contributed by atoms with Gasteiger partial charge in [0, 0.05) is 18.3 Å². The summed E-state index contributed by atoms with van der Waals surface area (Å²) in [5.74, 6) is -0.344. The molecule has 0 aromatic carbocycles. The highest BCUT2D eigenvalue weighted by Gasteiger charge is 2.24. The Morgan fingerprint density at radius 1 is 1.64 bits per heavy atom. The predicted molar refractivity (Wildman–Crippen MR) is 41.0 cm³/mol. The van der Waals surface area contributed by atoms with E-state index in [0.29, 0.717) is 6.42 Å². The van der Waals surface area contributed by atoms with Crippen LogP contribution >= 0.6 is 0 Å². The van der Waals surface area contributed by atoms with E-state index in [-0.39, 0.29) is 5.78 Å². The van der Waals surface area contributed by atoms with Crippen molar-refractivity contribution in [1.82, 2.24) is 0 Å². The molecule has 4 nitrogen and oxygen atoms in total. The molecule has 0 rings (SSSR count). The van der Waals surface area contributed by atoms with Gasteiger partial charge in [-0.05, 0) is 6.42 Å². The van der Waals surface area contributed by atoms with Crippen molar-refractivity contribution in [2.75, 3.05) is 0 Å². The van der Waals surface area contributed by atoms with Crippen LogP contribution in [0.3, 0.4) is 0 Å².